The van der Waals surface area contributed by atoms with E-state index in [9.17, 15) is 9.90 Å². The number of aromatic hydroxyl groups is 1. The Bertz CT molecular complexity index is 515. The highest BCUT2D eigenvalue weighted by molar-refractivity contribution is 5.82. The molecule has 2 aromatic rings. The van der Waals surface area contributed by atoms with Gasteiger partial charge in [-0.15, -0.1) is 0 Å². The third-order valence-electron chi connectivity index (χ3n) is 2.01. The van der Waals surface area contributed by atoms with Crippen LogP contribution in [0.4, 0.5) is 0 Å². The molecule has 0 amide bonds. The van der Waals surface area contributed by atoms with E-state index in [1.165, 1.54) is 6.07 Å². The molecule has 0 aliphatic carbocycles. The van der Waals surface area contributed by atoms with Crippen LogP contribution >= 0.6 is 0 Å². The number of nitrogens with one attached hydrogen (secondary N) is 1. The Morgan fingerprint density at radius 3 is 2.53 bits per heavy atom. The summed E-state index contributed by atoms with van der Waals surface area (Å²) >= 11 is 0. The van der Waals surface area contributed by atoms with E-state index in [1.807, 2.05) is 20.8 Å². The van der Waals surface area contributed by atoms with Crippen LogP contribution in [0.5, 0.6) is 5.75 Å². The Morgan fingerprint density at radius 1 is 1.20 bits per heavy atom. The fraction of sp³-hybridized carbons (Fsp3) is 0.250. The molecule has 15 heavy (non-hydrogen) atoms. The Balaban J connectivity index is 0.000000531. The molecule has 3 heteroatoms. The molecule has 1 aromatic heterocycles. The summed E-state index contributed by atoms with van der Waals surface area (Å²) in [5.74, 6) is 0.219. The van der Waals surface area contributed by atoms with Crippen LogP contribution < -0.4 is 5.56 Å². The monoisotopic (exact) mass is 205 g/mol. The molecule has 2 N–H and O–H groups in total. The van der Waals surface area contributed by atoms with Crippen molar-refractivity contribution in [1.82, 2.24) is 4.98 Å². The average Bonchev–Trinajstić information content (AvgIpc) is 2.22. The molecule has 3 nitrogen and oxygen atoms in total. The first-order chi connectivity index (χ1) is 7.16. The molecule has 0 bridgehead atoms. The van der Waals surface area contributed by atoms with Crippen LogP contribution in [-0.4, -0.2) is 10.1 Å². The second-order valence-electron chi connectivity index (χ2n) is 3.05. The third-order valence-corrected chi connectivity index (χ3v) is 2.01. The maximum atomic E-state index is 11.0. The number of H-pyrrole nitrogens is 1. The van der Waals surface area contributed by atoms with E-state index in [2.05, 4.69) is 4.98 Å². The largest absolute Gasteiger partial charge is 0.508 e. The number of aryl methyl sites for hydroxylation is 1. The molecule has 0 aliphatic rings. The van der Waals surface area contributed by atoms with Gasteiger partial charge in [-0.3, -0.25) is 4.79 Å². The molecule has 0 unspecified atom stereocenters. The third kappa shape index (κ3) is 2.37. The van der Waals surface area contributed by atoms with Crippen molar-refractivity contribution in [1.29, 1.82) is 0 Å². The SMILES string of the molecule is CC.Cc1cc(O)cc2ccc(=O)[nH]c12. The standard InChI is InChI=1S/C10H9NO2.C2H6/c1-6-4-8(12)5-7-2-3-9(13)11-10(6)7;1-2/h2-5,12H,1H3,(H,11,13);1-2H3. The summed E-state index contributed by atoms with van der Waals surface area (Å²) in [5, 5.41) is 10.1. The number of hydrogen-bond donors (Lipinski definition) is 2. The van der Waals surface area contributed by atoms with E-state index in [-0.39, 0.29) is 11.3 Å². The smallest absolute Gasteiger partial charge is 0.248 e. The van der Waals surface area contributed by atoms with Crippen LogP contribution in [0.2, 0.25) is 0 Å². The summed E-state index contributed by atoms with van der Waals surface area (Å²) in [4.78, 5) is 13.7. The number of pyridine rings is 1. The van der Waals surface area contributed by atoms with E-state index in [4.69, 9.17) is 0 Å². The first-order valence-corrected chi connectivity index (χ1v) is 4.99. The summed E-state index contributed by atoms with van der Waals surface area (Å²) in [6.07, 6.45) is 0. The van der Waals surface area contributed by atoms with Crippen molar-refractivity contribution >= 4 is 10.9 Å². The second kappa shape index (κ2) is 4.64. The van der Waals surface area contributed by atoms with Gasteiger partial charge in [0.25, 0.3) is 0 Å². The molecule has 0 aliphatic heterocycles. The zero-order valence-corrected chi connectivity index (χ0v) is 9.16. The summed E-state index contributed by atoms with van der Waals surface area (Å²) in [5.41, 5.74) is 1.53. The van der Waals surface area contributed by atoms with Gasteiger partial charge in [0.2, 0.25) is 5.56 Å². The molecule has 80 valence electrons. The van der Waals surface area contributed by atoms with Crippen LogP contribution in [-0.2, 0) is 0 Å². The fourth-order valence-electron chi connectivity index (χ4n) is 1.43. The Labute approximate surface area is 88.4 Å². The Morgan fingerprint density at radius 2 is 1.87 bits per heavy atom. The Kier molecular flexibility index (Phi) is 3.50. The number of phenolic OH excluding ortho intramolecular Hbond substituents is 1. The minimum Gasteiger partial charge on any atom is -0.508 e. The quantitative estimate of drug-likeness (QED) is 0.694. The molecular formula is C12H15NO2. The van der Waals surface area contributed by atoms with Gasteiger partial charge in [-0.2, -0.15) is 0 Å². The van der Waals surface area contributed by atoms with Crippen LogP contribution in [0.1, 0.15) is 19.4 Å². The fourth-order valence-corrected chi connectivity index (χ4v) is 1.43. The van der Waals surface area contributed by atoms with Crippen molar-refractivity contribution in [2.24, 2.45) is 0 Å². The summed E-state index contributed by atoms with van der Waals surface area (Å²) in [6.45, 7) is 5.85. The normalized spacial score (nSPS) is 9.53. The molecule has 0 saturated carbocycles. The second-order valence-corrected chi connectivity index (χ2v) is 3.05. The van der Waals surface area contributed by atoms with Crippen molar-refractivity contribution in [2.45, 2.75) is 20.8 Å². The van der Waals surface area contributed by atoms with Crippen molar-refractivity contribution in [3.05, 3.63) is 40.2 Å². The molecule has 0 spiro atoms. The number of aromatic amines is 1. The molecular weight excluding hydrogens is 190 g/mol. The van der Waals surface area contributed by atoms with Gasteiger partial charge < -0.3 is 10.1 Å². The van der Waals surface area contributed by atoms with Gasteiger partial charge >= 0.3 is 0 Å². The van der Waals surface area contributed by atoms with Crippen molar-refractivity contribution in [3.63, 3.8) is 0 Å². The molecule has 0 saturated heterocycles. The van der Waals surface area contributed by atoms with Crippen LogP contribution in [0.15, 0.2) is 29.1 Å². The zero-order chi connectivity index (χ0) is 11.4. The molecule has 0 fully saturated rings. The van der Waals surface area contributed by atoms with Crippen molar-refractivity contribution in [3.8, 4) is 5.75 Å². The van der Waals surface area contributed by atoms with Gasteiger partial charge in [0, 0.05) is 11.5 Å². The first kappa shape index (κ1) is 11.3. The lowest BCUT2D eigenvalue weighted by Crippen LogP contribution is -2.03. The first-order valence-electron chi connectivity index (χ1n) is 4.99. The van der Waals surface area contributed by atoms with Gasteiger partial charge in [0.15, 0.2) is 0 Å². The maximum Gasteiger partial charge on any atom is 0.248 e. The van der Waals surface area contributed by atoms with Crippen LogP contribution in [0.3, 0.4) is 0 Å². The van der Waals surface area contributed by atoms with Crippen LogP contribution in [0, 0.1) is 6.92 Å². The summed E-state index contributed by atoms with van der Waals surface area (Å²) < 4.78 is 0. The highest BCUT2D eigenvalue weighted by Crippen LogP contribution is 2.20. The predicted molar refractivity (Wildman–Crippen MR) is 62.3 cm³/mol. The summed E-state index contributed by atoms with van der Waals surface area (Å²) in [7, 11) is 0. The molecule has 0 radical (unpaired) electrons. The van der Waals surface area contributed by atoms with Gasteiger partial charge in [0.1, 0.15) is 5.75 Å². The molecule has 0 atom stereocenters. The van der Waals surface area contributed by atoms with E-state index in [0.29, 0.717) is 0 Å². The number of phenols is 1. The van der Waals surface area contributed by atoms with Crippen LogP contribution in [0.25, 0.3) is 10.9 Å². The highest BCUT2D eigenvalue weighted by atomic mass is 16.3. The Hall–Kier alpha value is -1.77. The predicted octanol–water partition coefficient (Wildman–Crippen LogP) is 2.57. The minimum atomic E-state index is -0.124. The maximum absolute atomic E-state index is 11.0. The zero-order valence-electron chi connectivity index (χ0n) is 9.16. The average molecular weight is 205 g/mol. The van der Waals surface area contributed by atoms with E-state index < -0.39 is 0 Å². The van der Waals surface area contributed by atoms with Gasteiger partial charge in [-0.1, -0.05) is 13.8 Å². The molecule has 1 heterocycles. The highest BCUT2D eigenvalue weighted by Gasteiger charge is 1.99. The number of aromatic nitrogens is 1. The van der Waals surface area contributed by atoms with Gasteiger partial charge in [-0.05, 0) is 30.7 Å². The van der Waals surface area contributed by atoms with E-state index in [1.54, 1.807) is 18.2 Å². The number of fused-ring (bicyclic) bond motifs is 1. The number of benzene rings is 1. The van der Waals surface area contributed by atoms with Crippen molar-refractivity contribution in [2.75, 3.05) is 0 Å². The van der Waals surface area contributed by atoms with Gasteiger partial charge in [0.05, 0.1) is 5.52 Å². The summed E-state index contributed by atoms with van der Waals surface area (Å²) in [6, 6.07) is 6.39. The lowest BCUT2D eigenvalue weighted by molar-refractivity contribution is 0.476. The van der Waals surface area contributed by atoms with E-state index in [0.717, 1.165) is 16.5 Å². The number of rotatable bonds is 0. The molecule has 2 rings (SSSR count). The van der Waals surface area contributed by atoms with Crippen molar-refractivity contribution < 1.29 is 5.11 Å². The minimum absolute atomic E-state index is 0.124. The van der Waals surface area contributed by atoms with Gasteiger partial charge in [-0.25, -0.2) is 0 Å². The lowest BCUT2D eigenvalue weighted by atomic mass is 10.1. The van der Waals surface area contributed by atoms with E-state index >= 15 is 0 Å². The topological polar surface area (TPSA) is 53.1 Å². The lowest BCUT2D eigenvalue weighted by Gasteiger charge is -2.01. The number of hydrogen-bond acceptors (Lipinski definition) is 2. The molecule has 1 aromatic carbocycles.